The monoisotopic (exact) mass is 178 g/mol. The molecule has 2 rings (SSSR count). The Morgan fingerprint density at radius 2 is 2.33 bits per heavy atom. The van der Waals surface area contributed by atoms with Crippen molar-refractivity contribution in [2.24, 2.45) is 0 Å². The first-order chi connectivity index (χ1) is 5.81. The molecule has 62 valence electrons. The van der Waals surface area contributed by atoms with Gasteiger partial charge in [0.1, 0.15) is 5.52 Å². The predicted octanol–water partition coefficient (Wildman–Crippen LogP) is 2.56. The van der Waals surface area contributed by atoms with Crippen LogP contribution in [0.25, 0.3) is 10.2 Å². The van der Waals surface area contributed by atoms with E-state index in [1.165, 1.54) is 9.71 Å². The molecule has 0 aliphatic carbocycles. The molecule has 2 aromatic heterocycles. The summed E-state index contributed by atoms with van der Waals surface area (Å²) in [6.45, 7) is 4.13. The second-order valence-electron chi connectivity index (χ2n) is 2.70. The predicted molar refractivity (Wildman–Crippen MR) is 51.5 cm³/mol. The summed E-state index contributed by atoms with van der Waals surface area (Å²) < 4.78 is 1.25. The summed E-state index contributed by atoms with van der Waals surface area (Å²) in [6, 6.07) is 2.03. The van der Waals surface area contributed by atoms with E-state index in [2.05, 4.69) is 16.9 Å². The molecular weight excluding hydrogens is 168 g/mol. The van der Waals surface area contributed by atoms with Gasteiger partial charge < -0.3 is 0 Å². The lowest BCUT2D eigenvalue weighted by molar-refractivity contribution is 1.10. The molecule has 0 radical (unpaired) electrons. The van der Waals surface area contributed by atoms with E-state index < -0.39 is 0 Å². The highest BCUT2D eigenvalue weighted by Gasteiger charge is 2.03. The van der Waals surface area contributed by atoms with Crippen LogP contribution in [0.2, 0.25) is 0 Å². The first kappa shape index (κ1) is 7.68. The summed E-state index contributed by atoms with van der Waals surface area (Å²) in [5.74, 6) is 0. The van der Waals surface area contributed by atoms with Crippen LogP contribution < -0.4 is 0 Å². The second-order valence-corrected chi connectivity index (χ2v) is 3.82. The molecule has 0 amide bonds. The minimum absolute atomic E-state index is 1.01. The van der Waals surface area contributed by atoms with E-state index in [0.717, 1.165) is 17.6 Å². The Morgan fingerprint density at radius 1 is 1.50 bits per heavy atom. The van der Waals surface area contributed by atoms with E-state index in [0.29, 0.717) is 0 Å². The smallest absolute Gasteiger partial charge is 0.103 e. The molecule has 2 heterocycles. The van der Waals surface area contributed by atoms with Gasteiger partial charge in [-0.3, -0.25) is 4.98 Å². The molecular formula is C9H10N2S. The van der Waals surface area contributed by atoms with Gasteiger partial charge in [0.2, 0.25) is 0 Å². The van der Waals surface area contributed by atoms with Crippen LogP contribution in [0, 0.1) is 6.92 Å². The average molecular weight is 178 g/mol. The Kier molecular flexibility index (Phi) is 1.81. The molecule has 0 saturated heterocycles. The fourth-order valence-electron chi connectivity index (χ4n) is 1.18. The Balaban J connectivity index is 2.74. The fraction of sp³-hybridized carbons (Fsp3) is 0.333. The van der Waals surface area contributed by atoms with Crippen LogP contribution in [0.1, 0.15) is 17.6 Å². The third kappa shape index (κ3) is 1.10. The number of aryl methyl sites for hydroxylation is 2. The zero-order valence-electron chi connectivity index (χ0n) is 7.16. The summed E-state index contributed by atoms with van der Waals surface area (Å²) in [7, 11) is 0. The highest BCUT2D eigenvalue weighted by molar-refractivity contribution is 7.18. The van der Waals surface area contributed by atoms with Crippen LogP contribution in [-0.2, 0) is 6.42 Å². The number of rotatable bonds is 1. The van der Waals surface area contributed by atoms with Crippen LogP contribution in [0.4, 0.5) is 0 Å². The van der Waals surface area contributed by atoms with E-state index in [1.807, 2.05) is 19.2 Å². The molecule has 0 unspecified atom stereocenters. The van der Waals surface area contributed by atoms with Crippen molar-refractivity contribution in [2.75, 3.05) is 0 Å². The zero-order valence-corrected chi connectivity index (χ0v) is 7.98. The van der Waals surface area contributed by atoms with Crippen molar-refractivity contribution < 1.29 is 0 Å². The van der Waals surface area contributed by atoms with Crippen molar-refractivity contribution in [3.8, 4) is 0 Å². The Hall–Kier alpha value is -0.960. The summed E-state index contributed by atoms with van der Waals surface area (Å²) in [6.07, 6.45) is 2.86. The lowest BCUT2D eigenvalue weighted by Gasteiger charge is -1.89. The molecule has 0 aliphatic heterocycles. The quantitative estimate of drug-likeness (QED) is 0.670. The van der Waals surface area contributed by atoms with Crippen molar-refractivity contribution >= 4 is 21.6 Å². The normalized spacial score (nSPS) is 10.8. The number of thiazole rings is 1. The van der Waals surface area contributed by atoms with E-state index >= 15 is 0 Å². The third-order valence-corrected chi connectivity index (χ3v) is 3.00. The molecule has 0 spiro atoms. The minimum atomic E-state index is 1.01. The number of hydrogen-bond acceptors (Lipinski definition) is 3. The van der Waals surface area contributed by atoms with Gasteiger partial charge in [-0.15, -0.1) is 11.3 Å². The van der Waals surface area contributed by atoms with Crippen molar-refractivity contribution in [3.63, 3.8) is 0 Å². The lowest BCUT2D eigenvalue weighted by atomic mass is 10.3. The van der Waals surface area contributed by atoms with Gasteiger partial charge >= 0.3 is 0 Å². The largest absolute Gasteiger partial charge is 0.259 e. The lowest BCUT2D eigenvalue weighted by Crippen LogP contribution is -1.81. The van der Waals surface area contributed by atoms with Gasteiger partial charge in [-0.2, -0.15) is 0 Å². The molecule has 0 N–H and O–H groups in total. The van der Waals surface area contributed by atoms with Gasteiger partial charge in [0, 0.05) is 6.20 Å². The maximum absolute atomic E-state index is 4.49. The van der Waals surface area contributed by atoms with Gasteiger partial charge in [-0.1, -0.05) is 6.92 Å². The summed E-state index contributed by atoms with van der Waals surface area (Å²) in [4.78, 5) is 8.69. The first-order valence-electron chi connectivity index (χ1n) is 4.02. The topological polar surface area (TPSA) is 25.8 Å². The molecule has 12 heavy (non-hydrogen) atoms. The Morgan fingerprint density at radius 3 is 3.00 bits per heavy atom. The SMILES string of the molecule is CCc1nc2c(C)nccc2s1. The molecule has 0 aliphatic rings. The Labute approximate surface area is 75.3 Å². The number of hydrogen-bond donors (Lipinski definition) is 0. The highest BCUT2D eigenvalue weighted by atomic mass is 32.1. The van der Waals surface area contributed by atoms with Crippen LogP contribution in [0.5, 0.6) is 0 Å². The van der Waals surface area contributed by atoms with Gasteiger partial charge in [0.15, 0.2) is 0 Å². The molecule has 0 saturated carbocycles. The van der Waals surface area contributed by atoms with Gasteiger partial charge in [-0.05, 0) is 19.4 Å². The Bertz CT molecular complexity index is 406. The number of pyridine rings is 1. The van der Waals surface area contributed by atoms with E-state index in [9.17, 15) is 0 Å². The van der Waals surface area contributed by atoms with Crippen molar-refractivity contribution in [1.82, 2.24) is 9.97 Å². The van der Waals surface area contributed by atoms with E-state index in [-0.39, 0.29) is 0 Å². The molecule has 0 aromatic carbocycles. The fourth-order valence-corrected chi connectivity index (χ4v) is 2.13. The van der Waals surface area contributed by atoms with E-state index in [4.69, 9.17) is 0 Å². The number of fused-ring (bicyclic) bond motifs is 1. The molecule has 2 aromatic rings. The number of aromatic nitrogens is 2. The van der Waals surface area contributed by atoms with Crippen LogP contribution in [-0.4, -0.2) is 9.97 Å². The van der Waals surface area contributed by atoms with Crippen LogP contribution in [0.3, 0.4) is 0 Å². The van der Waals surface area contributed by atoms with Crippen LogP contribution >= 0.6 is 11.3 Å². The number of nitrogens with zero attached hydrogens (tertiary/aromatic N) is 2. The maximum Gasteiger partial charge on any atom is 0.103 e. The molecule has 0 atom stereocenters. The highest BCUT2D eigenvalue weighted by Crippen LogP contribution is 2.23. The summed E-state index contributed by atoms with van der Waals surface area (Å²) in [5.41, 5.74) is 2.10. The molecule has 0 fully saturated rings. The molecule has 0 bridgehead atoms. The van der Waals surface area contributed by atoms with Gasteiger partial charge in [0.25, 0.3) is 0 Å². The van der Waals surface area contributed by atoms with Crippen molar-refractivity contribution in [2.45, 2.75) is 20.3 Å². The standard InChI is InChI=1S/C9H10N2S/c1-3-8-11-9-6(2)10-5-4-7(9)12-8/h4-5H,3H2,1-2H3. The average Bonchev–Trinajstić information content (AvgIpc) is 2.49. The summed E-state index contributed by atoms with van der Waals surface area (Å²) in [5, 5.41) is 1.20. The second kappa shape index (κ2) is 2.83. The van der Waals surface area contributed by atoms with E-state index in [1.54, 1.807) is 11.3 Å². The molecule has 3 heteroatoms. The first-order valence-corrected chi connectivity index (χ1v) is 4.84. The van der Waals surface area contributed by atoms with Gasteiger partial charge in [-0.25, -0.2) is 4.98 Å². The minimum Gasteiger partial charge on any atom is -0.259 e. The van der Waals surface area contributed by atoms with Crippen LogP contribution in [0.15, 0.2) is 12.3 Å². The third-order valence-electron chi connectivity index (χ3n) is 1.84. The van der Waals surface area contributed by atoms with Crippen molar-refractivity contribution in [1.29, 1.82) is 0 Å². The zero-order chi connectivity index (χ0) is 8.55. The maximum atomic E-state index is 4.49. The molecule has 2 nitrogen and oxygen atoms in total. The van der Waals surface area contributed by atoms with Gasteiger partial charge in [0.05, 0.1) is 15.4 Å². The van der Waals surface area contributed by atoms with Crippen molar-refractivity contribution in [3.05, 3.63) is 23.0 Å². The summed E-state index contributed by atoms with van der Waals surface area (Å²) >= 11 is 1.76.